The minimum atomic E-state index is -0.511. The maximum Gasteiger partial charge on any atom is 0.407 e. The molecule has 4 atom stereocenters. The van der Waals surface area contributed by atoms with Crippen LogP contribution in [0.25, 0.3) is 0 Å². The maximum absolute atomic E-state index is 12.4. The normalized spacial score (nSPS) is 26.7. The van der Waals surface area contributed by atoms with Crippen molar-refractivity contribution in [3.8, 4) is 0 Å². The first-order valence-corrected chi connectivity index (χ1v) is 9.07. The van der Waals surface area contributed by atoms with Crippen LogP contribution < -0.4 is 16.0 Å². The van der Waals surface area contributed by atoms with Gasteiger partial charge in [0.2, 0.25) is 11.8 Å². The third-order valence-corrected chi connectivity index (χ3v) is 5.31. The van der Waals surface area contributed by atoms with Crippen LogP contribution in [-0.4, -0.2) is 37.0 Å². The van der Waals surface area contributed by atoms with Crippen LogP contribution in [0.4, 0.5) is 4.79 Å². The van der Waals surface area contributed by atoms with E-state index in [-0.39, 0.29) is 42.3 Å². The van der Waals surface area contributed by atoms with Crippen molar-refractivity contribution >= 4 is 17.9 Å². The molecule has 2 aliphatic rings. The van der Waals surface area contributed by atoms with Gasteiger partial charge in [0.15, 0.2) is 0 Å². The molecule has 7 nitrogen and oxygen atoms in total. The summed E-state index contributed by atoms with van der Waals surface area (Å²) in [5, 5.41) is 8.35. The molecule has 140 valence electrons. The highest BCUT2D eigenvalue weighted by molar-refractivity contribution is 5.84. The molecule has 2 saturated carbocycles. The lowest BCUT2D eigenvalue weighted by molar-refractivity contribution is -0.133. The summed E-state index contributed by atoms with van der Waals surface area (Å²) in [6.07, 6.45) is 2.58. The monoisotopic (exact) mass is 359 g/mol. The standard InChI is InChI=1S/C19H25N3O4/c1-20-17(23)13-7-9-15(13)21-18(24)14-8-10-16(14)22-19(25)26-11-12-5-3-2-4-6-12/h2-6,13-16H,7-11H2,1H3,(H,20,23)(H,21,24)(H,22,25)/t13-,14+,15+,16-/m1/s1. The molecule has 0 aliphatic heterocycles. The quantitative estimate of drug-likeness (QED) is 0.714. The van der Waals surface area contributed by atoms with Gasteiger partial charge in [0.25, 0.3) is 0 Å². The number of nitrogens with one attached hydrogen (secondary N) is 3. The van der Waals surface area contributed by atoms with Gasteiger partial charge in [-0.25, -0.2) is 4.79 Å². The molecule has 0 unspecified atom stereocenters. The van der Waals surface area contributed by atoms with Crippen LogP contribution in [-0.2, 0) is 20.9 Å². The van der Waals surface area contributed by atoms with Crippen molar-refractivity contribution in [3.05, 3.63) is 35.9 Å². The Balaban J connectivity index is 1.42. The van der Waals surface area contributed by atoms with Gasteiger partial charge in [0.1, 0.15) is 6.61 Å². The zero-order valence-electron chi connectivity index (χ0n) is 14.9. The largest absolute Gasteiger partial charge is 0.445 e. The minimum absolute atomic E-state index is 0.0330. The molecule has 0 bridgehead atoms. The van der Waals surface area contributed by atoms with E-state index in [0.29, 0.717) is 0 Å². The van der Waals surface area contributed by atoms with Crippen LogP contribution in [0.3, 0.4) is 0 Å². The Morgan fingerprint density at radius 3 is 2.12 bits per heavy atom. The Kier molecular flexibility index (Phi) is 5.75. The third-order valence-electron chi connectivity index (χ3n) is 5.31. The second-order valence-electron chi connectivity index (χ2n) is 6.91. The predicted molar refractivity (Wildman–Crippen MR) is 95.0 cm³/mol. The van der Waals surface area contributed by atoms with Gasteiger partial charge in [-0.2, -0.15) is 0 Å². The van der Waals surface area contributed by atoms with Crippen LogP contribution >= 0.6 is 0 Å². The van der Waals surface area contributed by atoms with E-state index >= 15 is 0 Å². The highest BCUT2D eigenvalue weighted by atomic mass is 16.5. The Labute approximate surface area is 152 Å². The number of carbonyl (C=O) groups excluding carboxylic acids is 3. The molecule has 1 aromatic rings. The van der Waals surface area contributed by atoms with Gasteiger partial charge < -0.3 is 20.7 Å². The second kappa shape index (κ2) is 8.21. The molecule has 1 aromatic carbocycles. The van der Waals surface area contributed by atoms with Crippen molar-refractivity contribution in [2.45, 2.75) is 44.4 Å². The molecule has 0 spiro atoms. The van der Waals surface area contributed by atoms with Crippen molar-refractivity contribution in [1.82, 2.24) is 16.0 Å². The lowest BCUT2D eigenvalue weighted by atomic mass is 9.76. The molecule has 7 heteroatoms. The predicted octanol–water partition coefficient (Wildman–Crippen LogP) is 1.33. The van der Waals surface area contributed by atoms with E-state index in [1.54, 1.807) is 7.05 Å². The summed E-state index contributed by atoms with van der Waals surface area (Å²) in [4.78, 5) is 36.1. The van der Waals surface area contributed by atoms with Crippen LogP contribution in [0.1, 0.15) is 31.2 Å². The lowest BCUT2D eigenvalue weighted by Gasteiger charge is -2.40. The van der Waals surface area contributed by atoms with Crippen molar-refractivity contribution < 1.29 is 19.1 Å². The van der Waals surface area contributed by atoms with Gasteiger partial charge in [-0.05, 0) is 31.2 Å². The first-order chi connectivity index (χ1) is 12.6. The van der Waals surface area contributed by atoms with Crippen molar-refractivity contribution in [2.75, 3.05) is 7.05 Å². The molecule has 2 aliphatic carbocycles. The average Bonchev–Trinajstić information content (AvgIpc) is 2.61. The smallest absolute Gasteiger partial charge is 0.407 e. The molecule has 3 amide bonds. The number of hydrogen-bond donors (Lipinski definition) is 3. The van der Waals surface area contributed by atoms with E-state index in [0.717, 1.165) is 31.2 Å². The zero-order valence-corrected chi connectivity index (χ0v) is 14.9. The molecule has 0 heterocycles. The average molecular weight is 359 g/mol. The van der Waals surface area contributed by atoms with E-state index in [2.05, 4.69) is 16.0 Å². The van der Waals surface area contributed by atoms with E-state index in [1.165, 1.54) is 0 Å². The topological polar surface area (TPSA) is 96.5 Å². The molecule has 3 rings (SSSR count). The molecule has 2 fully saturated rings. The zero-order chi connectivity index (χ0) is 18.5. The van der Waals surface area contributed by atoms with Crippen molar-refractivity contribution in [3.63, 3.8) is 0 Å². The number of ether oxygens (including phenoxy) is 1. The Morgan fingerprint density at radius 1 is 0.923 bits per heavy atom. The molecular formula is C19H25N3O4. The Hall–Kier alpha value is -2.57. The highest BCUT2D eigenvalue weighted by Gasteiger charge is 2.42. The summed E-state index contributed by atoms with van der Waals surface area (Å²) in [5.74, 6) is -0.533. The number of alkyl carbamates (subject to hydrolysis) is 1. The molecule has 0 aromatic heterocycles. The maximum atomic E-state index is 12.4. The highest BCUT2D eigenvalue weighted by Crippen LogP contribution is 2.31. The third kappa shape index (κ3) is 4.15. The van der Waals surface area contributed by atoms with E-state index in [4.69, 9.17) is 4.74 Å². The van der Waals surface area contributed by atoms with Gasteiger partial charge >= 0.3 is 6.09 Å². The number of carbonyl (C=O) groups is 3. The summed E-state index contributed by atoms with van der Waals surface area (Å²) in [6.45, 7) is 0.201. The van der Waals surface area contributed by atoms with Crippen molar-refractivity contribution in [2.24, 2.45) is 11.8 Å². The van der Waals surface area contributed by atoms with Crippen LogP contribution in [0.2, 0.25) is 0 Å². The molecule has 26 heavy (non-hydrogen) atoms. The summed E-state index contributed by atoms with van der Waals surface area (Å²) < 4.78 is 5.20. The van der Waals surface area contributed by atoms with E-state index < -0.39 is 6.09 Å². The molecule has 0 saturated heterocycles. The SMILES string of the molecule is CNC(=O)[C@@H]1CC[C@@H]1NC(=O)[C@H]1CC[C@H]1NC(=O)OCc1ccccc1. The summed E-state index contributed by atoms with van der Waals surface area (Å²) in [7, 11) is 1.60. The van der Waals surface area contributed by atoms with E-state index in [1.807, 2.05) is 30.3 Å². The summed E-state index contributed by atoms with van der Waals surface area (Å²) >= 11 is 0. The number of rotatable bonds is 6. The van der Waals surface area contributed by atoms with Gasteiger partial charge in [-0.3, -0.25) is 9.59 Å². The van der Waals surface area contributed by atoms with Gasteiger partial charge in [-0.1, -0.05) is 30.3 Å². The fraction of sp³-hybridized carbons (Fsp3) is 0.526. The summed E-state index contributed by atoms with van der Waals surface area (Å²) in [6, 6.07) is 9.12. The Morgan fingerprint density at radius 2 is 1.54 bits per heavy atom. The van der Waals surface area contributed by atoms with Crippen LogP contribution in [0.15, 0.2) is 30.3 Å². The number of benzene rings is 1. The molecular weight excluding hydrogens is 334 g/mol. The number of amides is 3. The molecule has 3 N–H and O–H groups in total. The van der Waals surface area contributed by atoms with Gasteiger partial charge in [0, 0.05) is 19.1 Å². The van der Waals surface area contributed by atoms with Crippen LogP contribution in [0.5, 0.6) is 0 Å². The van der Waals surface area contributed by atoms with E-state index in [9.17, 15) is 14.4 Å². The first kappa shape index (κ1) is 18.2. The fourth-order valence-corrected chi connectivity index (χ4v) is 3.36. The lowest BCUT2D eigenvalue weighted by Crippen LogP contribution is -2.58. The van der Waals surface area contributed by atoms with Crippen LogP contribution in [0, 0.1) is 11.8 Å². The number of hydrogen-bond acceptors (Lipinski definition) is 4. The molecule has 0 radical (unpaired) electrons. The second-order valence-corrected chi connectivity index (χ2v) is 6.91. The Bertz CT molecular complexity index is 664. The van der Waals surface area contributed by atoms with Gasteiger partial charge in [0.05, 0.1) is 11.8 Å². The summed E-state index contributed by atoms with van der Waals surface area (Å²) in [5.41, 5.74) is 0.913. The van der Waals surface area contributed by atoms with Gasteiger partial charge in [-0.15, -0.1) is 0 Å². The van der Waals surface area contributed by atoms with Crippen molar-refractivity contribution in [1.29, 1.82) is 0 Å². The fourth-order valence-electron chi connectivity index (χ4n) is 3.36. The minimum Gasteiger partial charge on any atom is -0.445 e. The first-order valence-electron chi connectivity index (χ1n) is 9.07.